The second-order valence-electron chi connectivity index (χ2n) is 3.90. The van der Waals surface area contributed by atoms with Crippen molar-refractivity contribution in [3.05, 3.63) is 46.9 Å². The first kappa shape index (κ1) is 12.4. The number of carbonyl (C=O) groups excluding carboxylic acids is 1. The van der Waals surface area contributed by atoms with Gasteiger partial charge < -0.3 is 9.84 Å². The van der Waals surface area contributed by atoms with E-state index < -0.39 is 12.1 Å². The van der Waals surface area contributed by atoms with Gasteiger partial charge in [0.05, 0.1) is 24.1 Å². The molecule has 0 aromatic heterocycles. The van der Waals surface area contributed by atoms with Crippen molar-refractivity contribution in [2.75, 3.05) is 7.11 Å². The number of carbonyl (C=O) groups is 1. The third-order valence-electron chi connectivity index (χ3n) is 2.76. The third kappa shape index (κ3) is 2.04. The number of hydrogen-bond acceptors (Lipinski definition) is 4. The zero-order valence-corrected chi connectivity index (χ0v) is 9.98. The van der Waals surface area contributed by atoms with Crippen LogP contribution >= 0.6 is 0 Å². The lowest BCUT2D eigenvalue weighted by molar-refractivity contribution is -0.136. The van der Waals surface area contributed by atoms with Crippen molar-refractivity contribution in [2.24, 2.45) is 4.99 Å². The molecule has 18 heavy (non-hydrogen) atoms. The van der Waals surface area contributed by atoms with Crippen molar-refractivity contribution >= 4 is 11.7 Å². The summed E-state index contributed by atoms with van der Waals surface area (Å²) in [5.74, 6) is -0.981. The molecule has 1 atom stereocenters. The Labute approximate surface area is 103 Å². The van der Waals surface area contributed by atoms with E-state index in [-0.39, 0.29) is 11.4 Å². The summed E-state index contributed by atoms with van der Waals surface area (Å²) in [5.41, 5.74) is 1.43. The fourth-order valence-corrected chi connectivity index (χ4v) is 1.85. The average molecular weight is 249 g/mol. The fraction of sp³-hybridized carbons (Fsp3) is 0.231. The third-order valence-corrected chi connectivity index (χ3v) is 2.76. The summed E-state index contributed by atoms with van der Waals surface area (Å²) in [6, 6.07) is 5.56. The highest BCUT2D eigenvalue weighted by atomic mass is 19.1. The lowest BCUT2D eigenvalue weighted by Crippen LogP contribution is -2.25. The number of esters is 1. The van der Waals surface area contributed by atoms with Gasteiger partial charge in [0.1, 0.15) is 11.9 Å². The molecule has 0 saturated carbocycles. The van der Waals surface area contributed by atoms with Crippen molar-refractivity contribution in [1.29, 1.82) is 0 Å². The van der Waals surface area contributed by atoms with Crippen LogP contribution in [-0.4, -0.2) is 30.0 Å². The van der Waals surface area contributed by atoms with Crippen LogP contribution in [-0.2, 0) is 9.53 Å². The Morgan fingerprint density at radius 3 is 2.56 bits per heavy atom. The van der Waals surface area contributed by atoms with Gasteiger partial charge in [-0.05, 0) is 24.6 Å². The van der Waals surface area contributed by atoms with Crippen LogP contribution in [0.5, 0.6) is 0 Å². The van der Waals surface area contributed by atoms with Crippen molar-refractivity contribution < 1.29 is 19.0 Å². The summed E-state index contributed by atoms with van der Waals surface area (Å²) in [6.45, 7) is 1.62. The van der Waals surface area contributed by atoms with E-state index in [0.717, 1.165) is 0 Å². The number of halogens is 1. The zero-order chi connectivity index (χ0) is 13.3. The number of nitrogens with zero attached hydrogens (tertiary/aromatic N) is 1. The number of hydrogen-bond donors (Lipinski definition) is 1. The van der Waals surface area contributed by atoms with Crippen molar-refractivity contribution in [1.82, 2.24) is 0 Å². The molecule has 0 saturated heterocycles. The standard InChI is InChI=1S/C13H12FNO3/c1-7-10(13(17)18-2)12(16)11(15-7)8-3-5-9(14)6-4-8/h3-6,12,16H,1-2H3/t12-/m0/s1. The molecule has 0 amide bonds. The number of aliphatic hydroxyl groups is 1. The number of benzene rings is 1. The normalized spacial score (nSPS) is 18.9. The molecule has 2 rings (SSSR count). The molecular formula is C13H12FNO3. The average Bonchev–Trinajstić information content (AvgIpc) is 2.65. The molecule has 1 aromatic carbocycles. The first-order valence-electron chi connectivity index (χ1n) is 5.36. The van der Waals surface area contributed by atoms with Gasteiger partial charge in [0, 0.05) is 0 Å². The predicted molar refractivity (Wildman–Crippen MR) is 63.7 cm³/mol. The Morgan fingerprint density at radius 2 is 2.00 bits per heavy atom. The van der Waals surface area contributed by atoms with Crippen LogP contribution in [0.3, 0.4) is 0 Å². The van der Waals surface area contributed by atoms with Crippen molar-refractivity contribution in [3.63, 3.8) is 0 Å². The van der Waals surface area contributed by atoms with Crippen molar-refractivity contribution in [2.45, 2.75) is 13.0 Å². The summed E-state index contributed by atoms with van der Waals surface area (Å²) in [7, 11) is 1.24. The maximum atomic E-state index is 12.8. The SMILES string of the molecule is COC(=O)C1=C(C)N=C(c2ccc(F)cc2)[C@H]1O. The number of methoxy groups -OCH3 is 1. The maximum absolute atomic E-state index is 12.8. The van der Waals surface area contributed by atoms with E-state index in [4.69, 9.17) is 0 Å². The lowest BCUT2D eigenvalue weighted by atomic mass is 10.0. The van der Waals surface area contributed by atoms with E-state index in [2.05, 4.69) is 9.73 Å². The van der Waals surface area contributed by atoms with Gasteiger partial charge in [-0.15, -0.1) is 0 Å². The number of allylic oxidation sites excluding steroid dienone is 1. The summed E-state index contributed by atoms with van der Waals surface area (Å²) in [6.07, 6.45) is -1.14. The molecular weight excluding hydrogens is 237 g/mol. The first-order chi connectivity index (χ1) is 8.54. The highest BCUT2D eigenvalue weighted by Gasteiger charge is 2.32. The fourth-order valence-electron chi connectivity index (χ4n) is 1.85. The molecule has 1 aliphatic rings. The Kier molecular flexibility index (Phi) is 3.25. The summed E-state index contributed by atoms with van der Waals surface area (Å²) in [4.78, 5) is 15.6. The largest absolute Gasteiger partial charge is 0.466 e. The number of aliphatic imine (C=N–C) groups is 1. The topological polar surface area (TPSA) is 58.9 Å². The molecule has 94 valence electrons. The van der Waals surface area contributed by atoms with Crippen LogP contribution in [0.4, 0.5) is 4.39 Å². The quantitative estimate of drug-likeness (QED) is 0.807. The molecule has 0 aliphatic carbocycles. The van der Waals surface area contributed by atoms with Gasteiger partial charge in [0.15, 0.2) is 0 Å². The molecule has 1 aliphatic heterocycles. The number of ether oxygens (including phenoxy) is 1. The van der Waals surface area contributed by atoms with Crippen molar-refractivity contribution in [3.8, 4) is 0 Å². The van der Waals surface area contributed by atoms with Crippen LogP contribution in [0.15, 0.2) is 40.5 Å². The van der Waals surface area contributed by atoms with Gasteiger partial charge in [-0.25, -0.2) is 9.18 Å². The van der Waals surface area contributed by atoms with Crippen LogP contribution in [0.1, 0.15) is 12.5 Å². The summed E-state index contributed by atoms with van der Waals surface area (Å²) < 4.78 is 17.4. The van der Waals surface area contributed by atoms with Gasteiger partial charge >= 0.3 is 5.97 Å². The minimum atomic E-state index is -1.14. The van der Waals surface area contributed by atoms with Gasteiger partial charge in [-0.1, -0.05) is 12.1 Å². The highest BCUT2D eigenvalue weighted by molar-refractivity contribution is 6.13. The number of rotatable bonds is 2. The van der Waals surface area contributed by atoms with E-state index in [0.29, 0.717) is 17.0 Å². The van der Waals surface area contributed by atoms with Gasteiger partial charge in [0.25, 0.3) is 0 Å². The Balaban J connectivity index is 2.33. The van der Waals surface area contributed by atoms with Crippen LogP contribution in [0, 0.1) is 5.82 Å². The molecule has 0 bridgehead atoms. The van der Waals surface area contributed by atoms with E-state index in [1.807, 2.05) is 0 Å². The maximum Gasteiger partial charge on any atom is 0.338 e. The van der Waals surface area contributed by atoms with Gasteiger partial charge in [0.2, 0.25) is 0 Å². The van der Waals surface area contributed by atoms with E-state index in [9.17, 15) is 14.3 Å². The number of aliphatic hydroxyl groups excluding tert-OH is 1. The molecule has 0 radical (unpaired) electrons. The van der Waals surface area contributed by atoms with Crippen LogP contribution in [0.25, 0.3) is 0 Å². The minimum Gasteiger partial charge on any atom is -0.466 e. The highest BCUT2D eigenvalue weighted by Crippen LogP contribution is 2.24. The van der Waals surface area contributed by atoms with Gasteiger partial charge in [-0.2, -0.15) is 0 Å². The Hall–Kier alpha value is -2.01. The summed E-state index contributed by atoms with van der Waals surface area (Å²) in [5, 5.41) is 10.1. The molecule has 0 spiro atoms. The van der Waals surface area contributed by atoms with Crippen LogP contribution in [0.2, 0.25) is 0 Å². The van der Waals surface area contributed by atoms with E-state index in [1.54, 1.807) is 6.92 Å². The molecule has 1 heterocycles. The summed E-state index contributed by atoms with van der Waals surface area (Å²) >= 11 is 0. The molecule has 1 aromatic rings. The second kappa shape index (κ2) is 4.70. The Morgan fingerprint density at radius 1 is 1.39 bits per heavy atom. The lowest BCUT2D eigenvalue weighted by Gasteiger charge is -2.10. The Bertz CT molecular complexity index is 546. The molecule has 0 fully saturated rings. The molecule has 0 unspecified atom stereocenters. The molecule has 5 heteroatoms. The molecule has 4 nitrogen and oxygen atoms in total. The van der Waals surface area contributed by atoms with Crippen LogP contribution < -0.4 is 0 Å². The van der Waals surface area contributed by atoms with Gasteiger partial charge in [-0.3, -0.25) is 4.99 Å². The van der Waals surface area contributed by atoms with E-state index >= 15 is 0 Å². The molecule has 1 N–H and O–H groups in total. The zero-order valence-electron chi connectivity index (χ0n) is 9.98. The predicted octanol–water partition coefficient (Wildman–Crippen LogP) is 1.44. The minimum absolute atomic E-state index is 0.122. The van der Waals surface area contributed by atoms with E-state index in [1.165, 1.54) is 31.4 Å². The second-order valence-corrected chi connectivity index (χ2v) is 3.90. The monoisotopic (exact) mass is 249 g/mol. The smallest absolute Gasteiger partial charge is 0.338 e. The first-order valence-corrected chi connectivity index (χ1v) is 5.36.